The minimum Gasteiger partial charge on any atom is -0.310 e. The fourth-order valence-corrected chi connectivity index (χ4v) is 4.37. The Labute approximate surface area is 130 Å². The number of hydrogen-bond donors (Lipinski definition) is 2. The minimum atomic E-state index is -3.48. The summed E-state index contributed by atoms with van der Waals surface area (Å²) in [5.74, 6) is 0. The molecule has 0 bridgehead atoms. The Kier molecular flexibility index (Phi) is 5.03. The van der Waals surface area contributed by atoms with Crippen LogP contribution in [0.3, 0.4) is 0 Å². The Bertz CT molecular complexity index is 691. The number of anilines is 1. The maximum Gasteiger partial charge on any atom is 0.271 e. The molecule has 114 valence electrons. The van der Waals surface area contributed by atoms with E-state index in [2.05, 4.69) is 23.9 Å². The second kappa shape index (κ2) is 6.60. The number of benzene rings is 1. The molecule has 2 aromatic rings. The highest BCUT2D eigenvalue weighted by Gasteiger charge is 2.16. The molecule has 0 aliphatic heterocycles. The van der Waals surface area contributed by atoms with Crippen molar-refractivity contribution in [1.29, 1.82) is 0 Å². The SMILES string of the molecule is CCNC(C)c1ccc(NS(=O)(=O)c2ccc(C)s2)cc1. The van der Waals surface area contributed by atoms with Crippen molar-refractivity contribution in [3.8, 4) is 0 Å². The van der Waals surface area contributed by atoms with Crippen LogP contribution in [0.4, 0.5) is 5.69 Å². The van der Waals surface area contributed by atoms with E-state index in [0.29, 0.717) is 9.90 Å². The van der Waals surface area contributed by atoms with Gasteiger partial charge in [-0.3, -0.25) is 4.72 Å². The Balaban J connectivity index is 2.13. The summed E-state index contributed by atoms with van der Waals surface area (Å²) in [5.41, 5.74) is 1.71. The second-order valence-corrected chi connectivity index (χ2v) is 8.07. The normalized spacial score (nSPS) is 13.1. The second-order valence-electron chi connectivity index (χ2n) is 4.87. The molecular formula is C15H20N2O2S2. The topological polar surface area (TPSA) is 58.2 Å². The van der Waals surface area contributed by atoms with E-state index in [9.17, 15) is 8.42 Å². The van der Waals surface area contributed by atoms with Crippen LogP contribution in [0.2, 0.25) is 0 Å². The van der Waals surface area contributed by atoms with Gasteiger partial charge >= 0.3 is 0 Å². The molecule has 1 aromatic heterocycles. The summed E-state index contributed by atoms with van der Waals surface area (Å²) < 4.78 is 27.4. The summed E-state index contributed by atoms with van der Waals surface area (Å²) in [7, 11) is -3.48. The van der Waals surface area contributed by atoms with Crippen molar-refractivity contribution in [2.45, 2.75) is 31.0 Å². The summed E-state index contributed by atoms with van der Waals surface area (Å²) in [5, 5.41) is 3.32. The summed E-state index contributed by atoms with van der Waals surface area (Å²) >= 11 is 1.27. The zero-order valence-corrected chi connectivity index (χ0v) is 14.0. The van der Waals surface area contributed by atoms with Crippen LogP contribution in [-0.2, 0) is 10.0 Å². The van der Waals surface area contributed by atoms with E-state index in [0.717, 1.165) is 17.0 Å². The van der Waals surface area contributed by atoms with E-state index in [1.165, 1.54) is 11.3 Å². The van der Waals surface area contributed by atoms with Crippen LogP contribution < -0.4 is 10.0 Å². The summed E-state index contributed by atoms with van der Waals surface area (Å²) in [6.45, 7) is 6.92. The van der Waals surface area contributed by atoms with E-state index in [-0.39, 0.29) is 6.04 Å². The van der Waals surface area contributed by atoms with Crippen LogP contribution in [0.25, 0.3) is 0 Å². The van der Waals surface area contributed by atoms with Crippen LogP contribution >= 0.6 is 11.3 Å². The zero-order chi connectivity index (χ0) is 15.5. The van der Waals surface area contributed by atoms with Crippen LogP contribution in [0, 0.1) is 6.92 Å². The van der Waals surface area contributed by atoms with Gasteiger partial charge in [0.15, 0.2) is 0 Å². The molecule has 0 saturated heterocycles. The molecule has 1 atom stereocenters. The number of nitrogens with one attached hydrogen (secondary N) is 2. The molecule has 0 aliphatic rings. The number of sulfonamides is 1. The standard InChI is InChI=1S/C15H20N2O2S2/c1-4-16-12(3)13-6-8-14(9-7-13)17-21(18,19)15-10-5-11(2)20-15/h5-10,12,16-17H,4H2,1-3H3. The lowest BCUT2D eigenvalue weighted by atomic mass is 10.1. The highest BCUT2D eigenvalue weighted by molar-refractivity contribution is 7.94. The van der Waals surface area contributed by atoms with Gasteiger partial charge in [0.25, 0.3) is 10.0 Å². The Morgan fingerprint density at radius 2 is 1.81 bits per heavy atom. The van der Waals surface area contributed by atoms with Gasteiger partial charge in [-0.05, 0) is 50.2 Å². The van der Waals surface area contributed by atoms with Gasteiger partial charge < -0.3 is 5.32 Å². The average Bonchev–Trinajstić information content (AvgIpc) is 2.87. The first-order chi connectivity index (χ1) is 9.92. The largest absolute Gasteiger partial charge is 0.310 e. The van der Waals surface area contributed by atoms with Crippen LogP contribution in [-0.4, -0.2) is 15.0 Å². The number of thiophene rings is 1. The van der Waals surface area contributed by atoms with Gasteiger partial charge in [0.05, 0.1) is 0 Å². The van der Waals surface area contributed by atoms with Crippen molar-refractivity contribution in [3.63, 3.8) is 0 Å². The molecule has 0 fully saturated rings. The van der Waals surface area contributed by atoms with Gasteiger partial charge in [0.1, 0.15) is 4.21 Å². The fourth-order valence-electron chi connectivity index (χ4n) is 2.03. The molecule has 2 rings (SSSR count). The van der Waals surface area contributed by atoms with Gasteiger partial charge in [0, 0.05) is 16.6 Å². The molecule has 6 heteroatoms. The molecular weight excluding hydrogens is 304 g/mol. The smallest absolute Gasteiger partial charge is 0.271 e. The molecule has 1 aromatic carbocycles. The lowest BCUT2D eigenvalue weighted by Gasteiger charge is -2.13. The van der Waals surface area contributed by atoms with Crippen molar-refractivity contribution in [3.05, 3.63) is 46.8 Å². The van der Waals surface area contributed by atoms with E-state index >= 15 is 0 Å². The summed E-state index contributed by atoms with van der Waals surface area (Å²) in [6, 6.07) is 11.1. The molecule has 4 nitrogen and oxygen atoms in total. The van der Waals surface area contributed by atoms with Crippen molar-refractivity contribution in [2.75, 3.05) is 11.3 Å². The summed E-state index contributed by atoms with van der Waals surface area (Å²) in [6.07, 6.45) is 0. The first kappa shape index (κ1) is 16.0. The predicted molar refractivity (Wildman–Crippen MR) is 88.4 cm³/mol. The molecule has 0 amide bonds. The first-order valence-corrected chi connectivity index (χ1v) is 9.15. The van der Waals surface area contributed by atoms with E-state index in [1.807, 2.05) is 19.1 Å². The Hall–Kier alpha value is -1.37. The van der Waals surface area contributed by atoms with Crippen LogP contribution in [0.1, 0.15) is 30.3 Å². The highest BCUT2D eigenvalue weighted by Crippen LogP contribution is 2.24. The first-order valence-electron chi connectivity index (χ1n) is 6.85. The van der Waals surface area contributed by atoms with E-state index < -0.39 is 10.0 Å². The van der Waals surface area contributed by atoms with Gasteiger partial charge in [-0.25, -0.2) is 8.42 Å². The molecule has 0 aliphatic carbocycles. The molecule has 21 heavy (non-hydrogen) atoms. The maximum atomic E-state index is 12.2. The molecule has 0 spiro atoms. The third-order valence-corrected chi connectivity index (χ3v) is 6.03. The van der Waals surface area contributed by atoms with Crippen LogP contribution in [0.5, 0.6) is 0 Å². The molecule has 0 saturated carbocycles. The number of hydrogen-bond acceptors (Lipinski definition) is 4. The van der Waals surface area contributed by atoms with E-state index in [4.69, 9.17) is 0 Å². The average molecular weight is 324 g/mol. The minimum absolute atomic E-state index is 0.251. The Morgan fingerprint density at radius 1 is 1.14 bits per heavy atom. The third-order valence-electron chi connectivity index (χ3n) is 3.15. The van der Waals surface area contributed by atoms with E-state index in [1.54, 1.807) is 24.3 Å². The van der Waals surface area contributed by atoms with Crippen LogP contribution in [0.15, 0.2) is 40.6 Å². The molecule has 2 N–H and O–H groups in total. The maximum absolute atomic E-state index is 12.2. The van der Waals surface area contributed by atoms with Crippen molar-refractivity contribution in [1.82, 2.24) is 5.32 Å². The third kappa shape index (κ3) is 4.06. The van der Waals surface area contributed by atoms with Crippen molar-refractivity contribution in [2.24, 2.45) is 0 Å². The van der Waals surface area contributed by atoms with Gasteiger partial charge in [-0.1, -0.05) is 19.1 Å². The van der Waals surface area contributed by atoms with Gasteiger partial charge in [-0.15, -0.1) is 11.3 Å². The molecule has 1 unspecified atom stereocenters. The lowest BCUT2D eigenvalue weighted by molar-refractivity contribution is 0.598. The summed E-state index contributed by atoms with van der Waals surface area (Å²) in [4.78, 5) is 0.977. The lowest BCUT2D eigenvalue weighted by Crippen LogP contribution is -2.17. The molecule has 0 radical (unpaired) electrons. The quantitative estimate of drug-likeness (QED) is 0.854. The Morgan fingerprint density at radius 3 is 2.33 bits per heavy atom. The molecule has 1 heterocycles. The highest BCUT2D eigenvalue weighted by atomic mass is 32.2. The number of aryl methyl sites for hydroxylation is 1. The van der Waals surface area contributed by atoms with Crippen molar-refractivity contribution >= 4 is 27.0 Å². The van der Waals surface area contributed by atoms with Gasteiger partial charge in [-0.2, -0.15) is 0 Å². The number of rotatable bonds is 6. The predicted octanol–water partition coefficient (Wildman–Crippen LogP) is 3.53. The fraction of sp³-hybridized carbons (Fsp3) is 0.333. The zero-order valence-electron chi connectivity index (χ0n) is 12.4. The monoisotopic (exact) mass is 324 g/mol. The van der Waals surface area contributed by atoms with Crippen molar-refractivity contribution < 1.29 is 8.42 Å². The van der Waals surface area contributed by atoms with Gasteiger partial charge in [0.2, 0.25) is 0 Å².